The fourth-order valence-electron chi connectivity index (χ4n) is 2.72. The molecule has 3 aromatic rings. The van der Waals surface area contributed by atoms with Gasteiger partial charge in [0, 0.05) is 28.1 Å². The zero-order chi connectivity index (χ0) is 16.2. The van der Waals surface area contributed by atoms with Crippen molar-refractivity contribution >= 4 is 26.8 Å². The summed E-state index contributed by atoms with van der Waals surface area (Å²) in [7, 11) is 0. The fraction of sp³-hybridized carbons (Fsp3) is 0.263. The molecule has 4 heteroatoms. The molecule has 1 atom stereocenters. The smallest absolute Gasteiger partial charge is 0.0762 e. The van der Waals surface area contributed by atoms with Gasteiger partial charge in [-0.2, -0.15) is 0 Å². The number of benzene rings is 2. The monoisotopic (exact) mass is 372 g/mol. The van der Waals surface area contributed by atoms with Crippen LogP contribution in [0.3, 0.4) is 0 Å². The van der Waals surface area contributed by atoms with Crippen molar-refractivity contribution in [3.05, 3.63) is 69.8 Å². The summed E-state index contributed by atoms with van der Waals surface area (Å²) in [6, 6.07) is 14.5. The lowest BCUT2D eigenvalue weighted by atomic mass is 10.0. The summed E-state index contributed by atoms with van der Waals surface area (Å²) >= 11 is 3.45. The van der Waals surface area contributed by atoms with Gasteiger partial charge in [-0.25, -0.2) is 0 Å². The summed E-state index contributed by atoms with van der Waals surface area (Å²) in [5, 5.41) is 14.4. The van der Waals surface area contributed by atoms with E-state index < -0.39 is 6.10 Å². The number of H-pyrrole nitrogens is 1. The number of aromatic nitrogens is 1. The van der Waals surface area contributed by atoms with Crippen LogP contribution >= 0.6 is 15.9 Å². The summed E-state index contributed by atoms with van der Waals surface area (Å²) in [6.07, 6.45) is 2.59. The lowest BCUT2D eigenvalue weighted by molar-refractivity contribution is 0.199. The number of hydrogen-bond donors (Lipinski definition) is 3. The number of fused-ring (bicyclic) bond motifs is 1. The average Bonchev–Trinajstić information content (AvgIpc) is 2.95. The summed E-state index contributed by atoms with van der Waals surface area (Å²) in [4.78, 5) is 3.30. The first-order valence-corrected chi connectivity index (χ1v) is 8.66. The van der Waals surface area contributed by atoms with Crippen LogP contribution < -0.4 is 5.32 Å². The first kappa shape index (κ1) is 16.2. The molecule has 0 aliphatic rings. The van der Waals surface area contributed by atoms with Crippen LogP contribution in [-0.2, 0) is 13.0 Å². The Morgan fingerprint density at radius 1 is 1.17 bits per heavy atom. The third kappa shape index (κ3) is 4.02. The number of halogens is 1. The van der Waals surface area contributed by atoms with Gasteiger partial charge in [0.1, 0.15) is 0 Å². The standard InChI is InChI=1S/C19H21BrN2O/c1-13(23)15-4-7-19-18(10-15)16(12-22-19)8-9-21-11-14-2-5-17(20)6-3-14/h2-7,10,12-13,21-23H,8-9,11H2,1H3. The Hall–Kier alpha value is -1.62. The summed E-state index contributed by atoms with van der Waals surface area (Å²) in [5.74, 6) is 0. The van der Waals surface area contributed by atoms with E-state index in [9.17, 15) is 5.11 Å². The maximum Gasteiger partial charge on any atom is 0.0762 e. The van der Waals surface area contributed by atoms with Crippen LogP contribution in [0.25, 0.3) is 10.9 Å². The number of hydrogen-bond acceptors (Lipinski definition) is 2. The SMILES string of the molecule is CC(O)c1ccc2[nH]cc(CCNCc3ccc(Br)cc3)c2c1. The van der Waals surface area contributed by atoms with Crippen molar-refractivity contribution < 1.29 is 5.11 Å². The van der Waals surface area contributed by atoms with Crippen molar-refractivity contribution in [1.29, 1.82) is 0 Å². The third-order valence-corrected chi connectivity index (χ3v) is 4.62. The van der Waals surface area contributed by atoms with Gasteiger partial charge < -0.3 is 15.4 Å². The maximum absolute atomic E-state index is 9.75. The molecule has 120 valence electrons. The van der Waals surface area contributed by atoms with Gasteiger partial charge in [0.05, 0.1) is 6.10 Å². The van der Waals surface area contributed by atoms with Gasteiger partial charge in [-0.05, 0) is 60.8 Å². The summed E-state index contributed by atoms with van der Waals surface area (Å²) in [6.45, 7) is 3.59. The zero-order valence-electron chi connectivity index (χ0n) is 13.1. The highest BCUT2D eigenvalue weighted by Gasteiger charge is 2.07. The number of rotatable bonds is 6. The molecule has 3 rings (SSSR count). The molecule has 2 aromatic carbocycles. The predicted molar refractivity (Wildman–Crippen MR) is 98.5 cm³/mol. The van der Waals surface area contributed by atoms with E-state index >= 15 is 0 Å². The van der Waals surface area contributed by atoms with Crippen LogP contribution in [0.1, 0.15) is 29.7 Å². The first-order valence-electron chi connectivity index (χ1n) is 7.86. The van der Waals surface area contributed by atoms with E-state index in [1.807, 2.05) is 12.1 Å². The second kappa shape index (κ2) is 7.30. The molecule has 0 aliphatic heterocycles. The van der Waals surface area contributed by atoms with E-state index in [1.165, 1.54) is 16.5 Å². The second-order valence-corrected chi connectivity index (χ2v) is 6.76. The molecule has 0 saturated heterocycles. The Bertz CT molecular complexity index is 778. The second-order valence-electron chi connectivity index (χ2n) is 5.85. The van der Waals surface area contributed by atoms with Crippen LogP contribution in [0.15, 0.2) is 53.1 Å². The van der Waals surface area contributed by atoms with Gasteiger partial charge in [0.25, 0.3) is 0 Å². The Kier molecular flexibility index (Phi) is 5.16. The largest absolute Gasteiger partial charge is 0.389 e. The van der Waals surface area contributed by atoms with Crippen LogP contribution in [0.4, 0.5) is 0 Å². The lowest BCUT2D eigenvalue weighted by Gasteiger charge is -2.07. The van der Waals surface area contributed by atoms with Crippen LogP contribution in [-0.4, -0.2) is 16.6 Å². The number of aromatic amines is 1. The van der Waals surface area contributed by atoms with Gasteiger partial charge >= 0.3 is 0 Å². The van der Waals surface area contributed by atoms with Crippen molar-refractivity contribution in [2.75, 3.05) is 6.54 Å². The molecule has 0 saturated carbocycles. The van der Waals surface area contributed by atoms with E-state index in [2.05, 4.69) is 62.8 Å². The molecule has 1 aromatic heterocycles. The number of aliphatic hydroxyl groups excluding tert-OH is 1. The van der Waals surface area contributed by atoms with Crippen LogP contribution in [0, 0.1) is 0 Å². The molecular formula is C19H21BrN2O. The van der Waals surface area contributed by atoms with E-state index in [0.717, 1.165) is 35.1 Å². The summed E-state index contributed by atoms with van der Waals surface area (Å²) < 4.78 is 1.11. The number of aliphatic hydroxyl groups is 1. The molecule has 23 heavy (non-hydrogen) atoms. The minimum absolute atomic E-state index is 0.433. The highest BCUT2D eigenvalue weighted by Crippen LogP contribution is 2.23. The first-order chi connectivity index (χ1) is 11.1. The number of nitrogens with one attached hydrogen (secondary N) is 2. The van der Waals surface area contributed by atoms with Gasteiger partial charge in [0.2, 0.25) is 0 Å². The van der Waals surface area contributed by atoms with Crippen molar-refractivity contribution in [2.24, 2.45) is 0 Å². The normalized spacial score (nSPS) is 12.7. The van der Waals surface area contributed by atoms with E-state index in [0.29, 0.717) is 0 Å². The molecule has 0 bridgehead atoms. The lowest BCUT2D eigenvalue weighted by Crippen LogP contribution is -2.16. The Labute approximate surface area is 144 Å². The Balaban J connectivity index is 1.60. The van der Waals surface area contributed by atoms with E-state index in [1.54, 1.807) is 6.92 Å². The molecule has 0 radical (unpaired) electrons. The van der Waals surface area contributed by atoms with Crippen LogP contribution in [0.2, 0.25) is 0 Å². The van der Waals surface area contributed by atoms with E-state index in [-0.39, 0.29) is 0 Å². The fourth-order valence-corrected chi connectivity index (χ4v) is 2.99. The molecule has 3 nitrogen and oxygen atoms in total. The summed E-state index contributed by atoms with van der Waals surface area (Å²) in [5.41, 5.74) is 4.65. The highest BCUT2D eigenvalue weighted by molar-refractivity contribution is 9.10. The van der Waals surface area contributed by atoms with Crippen molar-refractivity contribution in [2.45, 2.75) is 26.0 Å². The zero-order valence-corrected chi connectivity index (χ0v) is 14.7. The molecule has 0 spiro atoms. The molecule has 3 N–H and O–H groups in total. The quantitative estimate of drug-likeness (QED) is 0.564. The minimum Gasteiger partial charge on any atom is -0.389 e. The van der Waals surface area contributed by atoms with Gasteiger partial charge in [-0.1, -0.05) is 34.1 Å². The average molecular weight is 373 g/mol. The van der Waals surface area contributed by atoms with E-state index in [4.69, 9.17) is 0 Å². The molecule has 0 fully saturated rings. The van der Waals surface area contributed by atoms with Crippen molar-refractivity contribution in [3.63, 3.8) is 0 Å². The van der Waals surface area contributed by atoms with Crippen LogP contribution in [0.5, 0.6) is 0 Å². The Morgan fingerprint density at radius 3 is 2.70 bits per heavy atom. The van der Waals surface area contributed by atoms with Gasteiger partial charge in [-0.3, -0.25) is 0 Å². The van der Waals surface area contributed by atoms with Crippen molar-refractivity contribution in [3.8, 4) is 0 Å². The van der Waals surface area contributed by atoms with Gasteiger partial charge in [-0.15, -0.1) is 0 Å². The molecular weight excluding hydrogens is 352 g/mol. The topological polar surface area (TPSA) is 48.0 Å². The molecule has 1 unspecified atom stereocenters. The molecule has 0 aliphatic carbocycles. The third-order valence-electron chi connectivity index (χ3n) is 4.09. The molecule has 0 amide bonds. The minimum atomic E-state index is -0.433. The Morgan fingerprint density at radius 2 is 1.96 bits per heavy atom. The maximum atomic E-state index is 9.75. The van der Waals surface area contributed by atoms with Gasteiger partial charge in [0.15, 0.2) is 0 Å². The highest BCUT2D eigenvalue weighted by atomic mass is 79.9. The molecule has 1 heterocycles. The van der Waals surface area contributed by atoms with Crippen molar-refractivity contribution in [1.82, 2.24) is 10.3 Å². The predicted octanol–water partition coefficient (Wildman–Crippen LogP) is 4.32.